The topological polar surface area (TPSA) is 46.2 Å². The van der Waals surface area contributed by atoms with Gasteiger partial charge >= 0.3 is 0 Å². The summed E-state index contributed by atoms with van der Waals surface area (Å²) in [5, 5.41) is 3.12. The minimum atomic E-state index is -0.481. The van der Waals surface area contributed by atoms with Crippen LogP contribution in [-0.2, 0) is 4.79 Å². The van der Waals surface area contributed by atoms with E-state index in [0.717, 1.165) is 5.56 Å². The number of amides is 1. The third-order valence-corrected chi connectivity index (χ3v) is 2.64. The van der Waals surface area contributed by atoms with Gasteiger partial charge in [0.25, 0.3) is 5.91 Å². The maximum atomic E-state index is 11.8. The lowest BCUT2D eigenvalue weighted by Gasteiger charge is -2.12. The molecule has 0 aliphatic carbocycles. The van der Waals surface area contributed by atoms with E-state index in [2.05, 4.69) is 5.32 Å². The van der Waals surface area contributed by atoms with Gasteiger partial charge in [0, 0.05) is 10.6 Å². The van der Waals surface area contributed by atoms with Gasteiger partial charge in [0.15, 0.2) is 5.78 Å². The van der Waals surface area contributed by atoms with Crippen LogP contribution in [0.25, 0.3) is 0 Å². The summed E-state index contributed by atoms with van der Waals surface area (Å²) in [6, 6.07) is 4.61. The van der Waals surface area contributed by atoms with Crippen molar-refractivity contribution in [1.82, 2.24) is 5.32 Å². The van der Waals surface area contributed by atoms with Crippen LogP contribution >= 0.6 is 11.6 Å². The molecule has 1 unspecified atom stereocenters. The fourth-order valence-corrected chi connectivity index (χ4v) is 1.39. The quantitative estimate of drug-likeness (QED) is 0.880. The molecule has 86 valence electrons. The lowest BCUT2D eigenvalue weighted by Crippen LogP contribution is -2.37. The van der Waals surface area contributed by atoms with E-state index in [9.17, 15) is 9.59 Å². The van der Waals surface area contributed by atoms with Gasteiger partial charge in [0.1, 0.15) is 0 Å². The van der Waals surface area contributed by atoms with E-state index in [0.29, 0.717) is 10.6 Å². The SMILES string of the molecule is CC(=O)C(C)NC(=O)c1cc(Cl)ccc1C. The third-order valence-electron chi connectivity index (χ3n) is 2.40. The second-order valence-electron chi connectivity index (χ2n) is 3.77. The molecule has 0 radical (unpaired) electrons. The number of hydrogen-bond donors (Lipinski definition) is 1. The first kappa shape index (κ1) is 12.7. The lowest BCUT2D eigenvalue weighted by molar-refractivity contribution is -0.118. The fourth-order valence-electron chi connectivity index (χ4n) is 1.21. The summed E-state index contributed by atoms with van der Waals surface area (Å²) in [5.41, 5.74) is 1.33. The largest absolute Gasteiger partial charge is 0.343 e. The minimum absolute atomic E-state index is 0.0759. The van der Waals surface area contributed by atoms with E-state index >= 15 is 0 Å². The molecule has 1 aromatic rings. The van der Waals surface area contributed by atoms with Gasteiger partial charge in [-0.05, 0) is 38.5 Å². The Balaban J connectivity index is 2.88. The van der Waals surface area contributed by atoms with Crippen LogP contribution in [-0.4, -0.2) is 17.7 Å². The van der Waals surface area contributed by atoms with E-state index in [1.807, 2.05) is 6.92 Å². The van der Waals surface area contributed by atoms with Crippen LogP contribution in [0.1, 0.15) is 29.8 Å². The van der Waals surface area contributed by atoms with Crippen molar-refractivity contribution in [3.8, 4) is 0 Å². The van der Waals surface area contributed by atoms with Crippen molar-refractivity contribution in [2.45, 2.75) is 26.8 Å². The first-order valence-corrected chi connectivity index (χ1v) is 5.37. The van der Waals surface area contributed by atoms with Crippen molar-refractivity contribution in [1.29, 1.82) is 0 Å². The van der Waals surface area contributed by atoms with Gasteiger partial charge in [-0.2, -0.15) is 0 Å². The monoisotopic (exact) mass is 239 g/mol. The number of carbonyl (C=O) groups excluding carboxylic acids is 2. The summed E-state index contributed by atoms with van der Waals surface area (Å²) in [5.74, 6) is -0.351. The predicted molar refractivity (Wildman–Crippen MR) is 63.8 cm³/mol. The van der Waals surface area contributed by atoms with Crippen LogP contribution < -0.4 is 5.32 Å². The molecule has 0 spiro atoms. The highest BCUT2D eigenvalue weighted by Gasteiger charge is 2.14. The molecule has 0 aliphatic heterocycles. The smallest absolute Gasteiger partial charge is 0.252 e. The second-order valence-corrected chi connectivity index (χ2v) is 4.20. The van der Waals surface area contributed by atoms with Gasteiger partial charge < -0.3 is 5.32 Å². The Kier molecular flexibility index (Phi) is 4.07. The van der Waals surface area contributed by atoms with Crippen LogP contribution in [0.5, 0.6) is 0 Å². The molecule has 0 aliphatic rings. The Labute approximate surface area is 99.8 Å². The number of rotatable bonds is 3. The fraction of sp³-hybridized carbons (Fsp3) is 0.333. The van der Waals surface area contributed by atoms with Gasteiger partial charge in [-0.25, -0.2) is 0 Å². The lowest BCUT2D eigenvalue weighted by atomic mass is 10.1. The zero-order valence-corrected chi connectivity index (χ0v) is 10.3. The van der Waals surface area contributed by atoms with Crippen LogP contribution in [0.15, 0.2) is 18.2 Å². The molecule has 16 heavy (non-hydrogen) atoms. The molecule has 1 N–H and O–H groups in total. The zero-order valence-electron chi connectivity index (χ0n) is 9.50. The summed E-state index contributed by atoms with van der Waals surface area (Å²) in [7, 11) is 0. The van der Waals surface area contributed by atoms with E-state index < -0.39 is 6.04 Å². The normalized spacial score (nSPS) is 12.0. The maximum absolute atomic E-state index is 11.8. The maximum Gasteiger partial charge on any atom is 0.252 e. The van der Waals surface area contributed by atoms with E-state index in [-0.39, 0.29) is 11.7 Å². The molecule has 1 atom stereocenters. The van der Waals surface area contributed by atoms with E-state index in [1.54, 1.807) is 25.1 Å². The average molecular weight is 240 g/mol. The highest BCUT2D eigenvalue weighted by Crippen LogP contribution is 2.15. The predicted octanol–water partition coefficient (Wildman–Crippen LogP) is 2.36. The van der Waals surface area contributed by atoms with Gasteiger partial charge in [-0.15, -0.1) is 0 Å². The van der Waals surface area contributed by atoms with Crippen molar-refractivity contribution >= 4 is 23.3 Å². The van der Waals surface area contributed by atoms with Gasteiger partial charge in [0.05, 0.1) is 6.04 Å². The Morgan fingerprint density at radius 3 is 2.56 bits per heavy atom. The molecule has 0 bridgehead atoms. The number of ketones is 1. The van der Waals surface area contributed by atoms with Crippen LogP contribution in [0.4, 0.5) is 0 Å². The van der Waals surface area contributed by atoms with E-state index in [1.165, 1.54) is 6.92 Å². The Morgan fingerprint density at radius 2 is 2.00 bits per heavy atom. The number of Topliss-reactive ketones (excluding diaryl/α,β-unsaturated/α-hetero) is 1. The van der Waals surface area contributed by atoms with Gasteiger partial charge in [-0.1, -0.05) is 17.7 Å². The standard InChI is InChI=1S/C12H14ClNO2/c1-7-4-5-10(13)6-11(7)12(16)14-8(2)9(3)15/h4-6,8H,1-3H3,(H,14,16). The van der Waals surface area contributed by atoms with Crippen molar-refractivity contribution in [2.75, 3.05) is 0 Å². The molecule has 1 rings (SSSR count). The summed E-state index contributed by atoms with van der Waals surface area (Å²) < 4.78 is 0. The number of halogens is 1. The van der Waals surface area contributed by atoms with E-state index in [4.69, 9.17) is 11.6 Å². The number of nitrogens with one attached hydrogen (secondary N) is 1. The third kappa shape index (κ3) is 3.07. The summed E-state index contributed by atoms with van der Waals surface area (Å²) in [6.45, 7) is 4.92. The van der Waals surface area contributed by atoms with Gasteiger partial charge in [0.2, 0.25) is 0 Å². The summed E-state index contributed by atoms with van der Waals surface area (Å²) in [4.78, 5) is 22.8. The molecule has 0 saturated heterocycles. The minimum Gasteiger partial charge on any atom is -0.343 e. The molecule has 3 nitrogen and oxygen atoms in total. The number of carbonyl (C=O) groups is 2. The number of benzene rings is 1. The molecule has 0 heterocycles. The Bertz CT molecular complexity index is 429. The highest BCUT2D eigenvalue weighted by atomic mass is 35.5. The molecule has 0 aromatic heterocycles. The molecule has 4 heteroatoms. The summed E-state index contributed by atoms with van der Waals surface area (Å²) in [6.07, 6.45) is 0. The van der Waals surface area contributed by atoms with Crippen LogP contribution in [0, 0.1) is 6.92 Å². The number of aryl methyl sites for hydroxylation is 1. The molecular weight excluding hydrogens is 226 g/mol. The summed E-state index contributed by atoms with van der Waals surface area (Å²) >= 11 is 5.81. The highest BCUT2D eigenvalue weighted by molar-refractivity contribution is 6.31. The molecule has 1 amide bonds. The molecule has 1 aromatic carbocycles. The Hall–Kier alpha value is -1.35. The van der Waals surface area contributed by atoms with Crippen LogP contribution in [0.2, 0.25) is 5.02 Å². The second kappa shape index (κ2) is 5.12. The van der Waals surface area contributed by atoms with Crippen molar-refractivity contribution in [3.05, 3.63) is 34.3 Å². The van der Waals surface area contributed by atoms with Crippen molar-refractivity contribution in [3.63, 3.8) is 0 Å². The number of hydrogen-bond acceptors (Lipinski definition) is 2. The van der Waals surface area contributed by atoms with Crippen molar-refractivity contribution < 1.29 is 9.59 Å². The molecule has 0 fully saturated rings. The van der Waals surface area contributed by atoms with Crippen LogP contribution in [0.3, 0.4) is 0 Å². The Morgan fingerprint density at radius 1 is 1.38 bits per heavy atom. The first-order chi connectivity index (χ1) is 7.41. The average Bonchev–Trinajstić information content (AvgIpc) is 2.21. The first-order valence-electron chi connectivity index (χ1n) is 4.99. The molecule has 0 saturated carbocycles. The van der Waals surface area contributed by atoms with Crippen molar-refractivity contribution in [2.24, 2.45) is 0 Å². The molecular formula is C12H14ClNO2. The van der Waals surface area contributed by atoms with Gasteiger partial charge in [-0.3, -0.25) is 9.59 Å². The zero-order chi connectivity index (χ0) is 12.3.